The SMILES string of the molecule is CC.Cn1cc2cc3c(cc2n1)OCO3. The van der Waals surface area contributed by atoms with Crippen molar-refractivity contribution < 1.29 is 9.47 Å². The van der Waals surface area contributed by atoms with E-state index in [1.807, 2.05) is 39.2 Å². The molecule has 1 aromatic heterocycles. The highest BCUT2D eigenvalue weighted by molar-refractivity contribution is 5.82. The van der Waals surface area contributed by atoms with Crippen LogP contribution >= 0.6 is 0 Å². The maximum atomic E-state index is 5.26. The molecule has 0 aliphatic carbocycles. The van der Waals surface area contributed by atoms with Gasteiger partial charge in [-0.25, -0.2) is 0 Å². The fourth-order valence-electron chi connectivity index (χ4n) is 1.54. The average Bonchev–Trinajstić information content (AvgIpc) is 2.81. The third-order valence-corrected chi connectivity index (χ3v) is 2.11. The van der Waals surface area contributed by atoms with Gasteiger partial charge in [-0.2, -0.15) is 5.10 Å². The molecular formula is C11H14N2O2. The minimum atomic E-state index is 0.314. The minimum absolute atomic E-state index is 0.314. The Balaban J connectivity index is 0.000000404. The van der Waals surface area contributed by atoms with Crippen molar-refractivity contribution in [2.24, 2.45) is 7.05 Å². The van der Waals surface area contributed by atoms with Crippen LogP contribution in [0.15, 0.2) is 18.3 Å². The molecule has 1 aliphatic rings. The molecule has 0 fully saturated rings. The smallest absolute Gasteiger partial charge is 0.231 e. The van der Waals surface area contributed by atoms with Crippen LogP contribution in [0.3, 0.4) is 0 Å². The molecule has 0 amide bonds. The van der Waals surface area contributed by atoms with E-state index in [2.05, 4.69) is 5.10 Å². The van der Waals surface area contributed by atoms with Gasteiger partial charge in [0.15, 0.2) is 11.5 Å². The van der Waals surface area contributed by atoms with E-state index in [1.54, 1.807) is 4.68 Å². The molecule has 2 heterocycles. The van der Waals surface area contributed by atoms with E-state index in [4.69, 9.17) is 9.47 Å². The fourth-order valence-corrected chi connectivity index (χ4v) is 1.54. The second-order valence-corrected chi connectivity index (χ2v) is 3.07. The van der Waals surface area contributed by atoms with Gasteiger partial charge >= 0.3 is 0 Å². The molecule has 1 aromatic carbocycles. The van der Waals surface area contributed by atoms with Crippen molar-refractivity contribution in [3.63, 3.8) is 0 Å². The summed E-state index contributed by atoms with van der Waals surface area (Å²) >= 11 is 0. The van der Waals surface area contributed by atoms with Gasteiger partial charge in [-0.15, -0.1) is 0 Å². The van der Waals surface area contributed by atoms with Gasteiger partial charge in [0.25, 0.3) is 0 Å². The van der Waals surface area contributed by atoms with Crippen LogP contribution < -0.4 is 9.47 Å². The first-order valence-electron chi connectivity index (χ1n) is 5.06. The van der Waals surface area contributed by atoms with Crippen molar-refractivity contribution in [3.8, 4) is 11.5 Å². The lowest BCUT2D eigenvalue weighted by molar-refractivity contribution is 0.174. The zero-order chi connectivity index (χ0) is 10.8. The normalized spacial score (nSPS) is 12.5. The van der Waals surface area contributed by atoms with Crippen LogP contribution in [0, 0.1) is 0 Å². The van der Waals surface area contributed by atoms with Gasteiger partial charge in [-0.3, -0.25) is 4.68 Å². The van der Waals surface area contributed by atoms with E-state index in [9.17, 15) is 0 Å². The highest BCUT2D eigenvalue weighted by Gasteiger charge is 2.14. The van der Waals surface area contributed by atoms with Crippen molar-refractivity contribution in [2.45, 2.75) is 13.8 Å². The lowest BCUT2D eigenvalue weighted by atomic mass is 10.2. The molecule has 0 saturated heterocycles. The standard InChI is InChI=1S/C9H8N2O2.C2H6/c1-11-4-6-2-8-9(13-5-12-8)3-7(6)10-11;1-2/h2-4H,5H2,1H3;1-2H3. The first-order valence-corrected chi connectivity index (χ1v) is 5.06. The van der Waals surface area contributed by atoms with Gasteiger partial charge in [0, 0.05) is 24.7 Å². The summed E-state index contributed by atoms with van der Waals surface area (Å²) in [4.78, 5) is 0. The molecule has 4 nitrogen and oxygen atoms in total. The number of hydrogen-bond donors (Lipinski definition) is 0. The first-order chi connectivity index (χ1) is 7.33. The molecule has 15 heavy (non-hydrogen) atoms. The first kappa shape index (κ1) is 9.83. The summed E-state index contributed by atoms with van der Waals surface area (Å²) < 4.78 is 12.3. The number of fused-ring (bicyclic) bond motifs is 2. The molecule has 2 aromatic rings. The van der Waals surface area contributed by atoms with Crippen LogP contribution in [0.1, 0.15) is 13.8 Å². The van der Waals surface area contributed by atoms with Crippen molar-refractivity contribution in [1.82, 2.24) is 9.78 Å². The number of rotatable bonds is 0. The predicted molar refractivity (Wildman–Crippen MR) is 58.2 cm³/mol. The topological polar surface area (TPSA) is 36.3 Å². The van der Waals surface area contributed by atoms with E-state index < -0.39 is 0 Å². The van der Waals surface area contributed by atoms with E-state index >= 15 is 0 Å². The Kier molecular flexibility index (Phi) is 2.49. The molecule has 3 rings (SSSR count). The van der Waals surface area contributed by atoms with Crippen molar-refractivity contribution in [2.75, 3.05) is 6.79 Å². The Bertz CT molecular complexity index is 436. The van der Waals surface area contributed by atoms with Crippen LogP contribution in [0.25, 0.3) is 10.9 Å². The number of ether oxygens (including phenoxy) is 2. The van der Waals surface area contributed by atoms with Gasteiger partial charge in [-0.05, 0) is 6.07 Å². The predicted octanol–water partition coefficient (Wildman–Crippen LogP) is 2.33. The zero-order valence-corrected chi connectivity index (χ0v) is 9.15. The van der Waals surface area contributed by atoms with E-state index in [1.165, 1.54) is 0 Å². The zero-order valence-electron chi connectivity index (χ0n) is 9.15. The maximum absolute atomic E-state index is 5.26. The monoisotopic (exact) mass is 206 g/mol. The summed E-state index contributed by atoms with van der Waals surface area (Å²) in [5.74, 6) is 1.59. The summed E-state index contributed by atoms with van der Waals surface area (Å²) in [7, 11) is 1.90. The molecule has 0 saturated carbocycles. The fraction of sp³-hybridized carbons (Fsp3) is 0.364. The van der Waals surface area contributed by atoms with Gasteiger partial charge in [-0.1, -0.05) is 13.8 Å². The third kappa shape index (κ3) is 1.63. The second kappa shape index (κ2) is 3.81. The Morgan fingerprint density at radius 2 is 1.87 bits per heavy atom. The molecule has 0 N–H and O–H groups in total. The van der Waals surface area contributed by atoms with E-state index in [0.717, 1.165) is 22.4 Å². The van der Waals surface area contributed by atoms with Crippen LogP contribution in [0.5, 0.6) is 11.5 Å². The Labute approximate surface area is 88.4 Å². The number of nitrogens with zero attached hydrogens (tertiary/aromatic N) is 2. The Morgan fingerprint density at radius 1 is 1.20 bits per heavy atom. The molecule has 80 valence electrons. The number of benzene rings is 1. The average molecular weight is 206 g/mol. The summed E-state index contributed by atoms with van der Waals surface area (Å²) in [5.41, 5.74) is 0.937. The van der Waals surface area contributed by atoms with Gasteiger partial charge in [0.05, 0.1) is 5.52 Å². The quantitative estimate of drug-likeness (QED) is 0.663. The van der Waals surface area contributed by atoms with Crippen LogP contribution in [-0.2, 0) is 7.05 Å². The van der Waals surface area contributed by atoms with Crippen molar-refractivity contribution in [1.29, 1.82) is 0 Å². The Morgan fingerprint density at radius 3 is 2.60 bits per heavy atom. The minimum Gasteiger partial charge on any atom is -0.454 e. The number of hydrogen-bond acceptors (Lipinski definition) is 3. The van der Waals surface area contributed by atoms with E-state index in [0.29, 0.717) is 6.79 Å². The third-order valence-electron chi connectivity index (χ3n) is 2.11. The summed E-state index contributed by atoms with van der Waals surface area (Å²) in [6, 6.07) is 3.85. The summed E-state index contributed by atoms with van der Waals surface area (Å²) in [6.07, 6.45) is 1.96. The second-order valence-electron chi connectivity index (χ2n) is 3.07. The number of aryl methyl sites for hydroxylation is 1. The van der Waals surface area contributed by atoms with E-state index in [-0.39, 0.29) is 0 Å². The van der Waals surface area contributed by atoms with Gasteiger partial charge in [0.1, 0.15) is 0 Å². The molecule has 1 aliphatic heterocycles. The van der Waals surface area contributed by atoms with Crippen molar-refractivity contribution >= 4 is 10.9 Å². The molecule has 0 bridgehead atoms. The highest BCUT2D eigenvalue weighted by Crippen LogP contribution is 2.35. The summed E-state index contributed by atoms with van der Waals surface area (Å²) in [5, 5.41) is 5.35. The van der Waals surface area contributed by atoms with Crippen LogP contribution in [-0.4, -0.2) is 16.6 Å². The largest absolute Gasteiger partial charge is 0.454 e. The van der Waals surface area contributed by atoms with Gasteiger partial charge in [0.2, 0.25) is 6.79 Å². The van der Waals surface area contributed by atoms with Gasteiger partial charge < -0.3 is 9.47 Å². The van der Waals surface area contributed by atoms with Crippen LogP contribution in [0.2, 0.25) is 0 Å². The molecule has 0 spiro atoms. The lowest BCUT2D eigenvalue weighted by Crippen LogP contribution is -1.93. The molecule has 0 atom stereocenters. The molecule has 0 unspecified atom stereocenters. The van der Waals surface area contributed by atoms with Crippen molar-refractivity contribution in [3.05, 3.63) is 18.3 Å². The Hall–Kier alpha value is -1.71. The molecule has 0 radical (unpaired) electrons. The maximum Gasteiger partial charge on any atom is 0.231 e. The highest BCUT2D eigenvalue weighted by atomic mass is 16.7. The molecular weight excluding hydrogens is 192 g/mol. The van der Waals surface area contributed by atoms with Crippen LogP contribution in [0.4, 0.5) is 0 Å². The summed E-state index contributed by atoms with van der Waals surface area (Å²) in [6.45, 7) is 4.31. The lowest BCUT2D eigenvalue weighted by Gasteiger charge is -1.93. The molecule has 4 heteroatoms. The number of aromatic nitrogens is 2.